The van der Waals surface area contributed by atoms with Gasteiger partial charge in [0.2, 0.25) is 0 Å². The standard InChI is InChI=1S/C19H17NO4/c1-12(21)13-4-6-14(7-5-13)24-17-8-9-20-16-11-19(23-3)18(22-2)10-15(16)17/h4-11H,1-3H3. The molecule has 24 heavy (non-hydrogen) atoms. The first-order chi connectivity index (χ1) is 11.6. The van der Waals surface area contributed by atoms with Crippen molar-refractivity contribution in [3.63, 3.8) is 0 Å². The summed E-state index contributed by atoms with van der Waals surface area (Å²) in [6, 6.07) is 12.4. The molecule has 0 unspecified atom stereocenters. The predicted molar refractivity (Wildman–Crippen MR) is 91.4 cm³/mol. The first-order valence-electron chi connectivity index (χ1n) is 7.42. The van der Waals surface area contributed by atoms with Gasteiger partial charge in [-0.3, -0.25) is 9.78 Å². The second kappa shape index (κ2) is 6.58. The molecule has 3 rings (SSSR count). The third-order valence-corrected chi connectivity index (χ3v) is 3.70. The minimum atomic E-state index is 0.0211. The zero-order valence-corrected chi connectivity index (χ0v) is 13.7. The zero-order chi connectivity index (χ0) is 17.1. The molecule has 3 aromatic rings. The van der Waals surface area contributed by atoms with E-state index in [1.165, 1.54) is 6.92 Å². The van der Waals surface area contributed by atoms with Crippen molar-refractivity contribution >= 4 is 16.7 Å². The van der Waals surface area contributed by atoms with Crippen LogP contribution < -0.4 is 14.2 Å². The number of carbonyl (C=O) groups is 1. The molecule has 2 aromatic carbocycles. The summed E-state index contributed by atoms with van der Waals surface area (Å²) in [6.45, 7) is 1.53. The Morgan fingerprint density at radius 3 is 2.21 bits per heavy atom. The highest BCUT2D eigenvalue weighted by Crippen LogP contribution is 2.36. The number of pyridine rings is 1. The van der Waals surface area contributed by atoms with E-state index in [4.69, 9.17) is 14.2 Å². The number of ketones is 1. The smallest absolute Gasteiger partial charge is 0.162 e. The summed E-state index contributed by atoms with van der Waals surface area (Å²) in [5, 5.41) is 0.811. The van der Waals surface area contributed by atoms with Crippen LogP contribution in [0, 0.1) is 0 Å². The number of benzene rings is 2. The third kappa shape index (κ3) is 3.01. The van der Waals surface area contributed by atoms with Gasteiger partial charge in [-0.15, -0.1) is 0 Å². The molecule has 0 atom stereocenters. The highest BCUT2D eigenvalue weighted by Gasteiger charge is 2.11. The van der Waals surface area contributed by atoms with E-state index in [2.05, 4.69) is 4.98 Å². The summed E-state index contributed by atoms with van der Waals surface area (Å²) in [7, 11) is 3.17. The normalized spacial score (nSPS) is 10.5. The van der Waals surface area contributed by atoms with E-state index >= 15 is 0 Å². The summed E-state index contributed by atoms with van der Waals surface area (Å²) >= 11 is 0. The molecular weight excluding hydrogens is 306 g/mol. The monoisotopic (exact) mass is 323 g/mol. The Morgan fingerprint density at radius 2 is 1.58 bits per heavy atom. The van der Waals surface area contributed by atoms with Gasteiger partial charge in [0.1, 0.15) is 11.5 Å². The average molecular weight is 323 g/mol. The van der Waals surface area contributed by atoms with Crippen LogP contribution in [0.25, 0.3) is 10.9 Å². The number of fused-ring (bicyclic) bond motifs is 1. The lowest BCUT2D eigenvalue weighted by Gasteiger charge is -2.12. The second-order valence-electron chi connectivity index (χ2n) is 5.22. The van der Waals surface area contributed by atoms with Gasteiger partial charge in [0.05, 0.1) is 19.7 Å². The van der Waals surface area contributed by atoms with E-state index in [-0.39, 0.29) is 5.78 Å². The molecule has 0 aliphatic heterocycles. The average Bonchev–Trinajstić information content (AvgIpc) is 2.61. The van der Waals surface area contributed by atoms with Gasteiger partial charge in [-0.05, 0) is 43.3 Å². The van der Waals surface area contributed by atoms with Crippen molar-refractivity contribution in [2.45, 2.75) is 6.92 Å². The van der Waals surface area contributed by atoms with Gasteiger partial charge in [-0.1, -0.05) is 0 Å². The molecule has 0 N–H and O–H groups in total. The van der Waals surface area contributed by atoms with E-state index in [1.54, 1.807) is 56.8 Å². The number of Topliss-reactive ketones (excluding diaryl/α,β-unsaturated/α-hetero) is 1. The topological polar surface area (TPSA) is 57.7 Å². The van der Waals surface area contributed by atoms with Gasteiger partial charge in [-0.25, -0.2) is 0 Å². The minimum Gasteiger partial charge on any atom is -0.493 e. The fourth-order valence-corrected chi connectivity index (χ4v) is 2.42. The lowest BCUT2D eigenvalue weighted by atomic mass is 10.1. The molecule has 122 valence electrons. The van der Waals surface area contributed by atoms with Crippen LogP contribution in [0.5, 0.6) is 23.0 Å². The van der Waals surface area contributed by atoms with Crippen LogP contribution >= 0.6 is 0 Å². The molecule has 0 fully saturated rings. The Kier molecular flexibility index (Phi) is 4.33. The van der Waals surface area contributed by atoms with E-state index < -0.39 is 0 Å². The number of rotatable bonds is 5. The van der Waals surface area contributed by atoms with Gasteiger partial charge in [0.15, 0.2) is 17.3 Å². The van der Waals surface area contributed by atoms with Gasteiger partial charge >= 0.3 is 0 Å². The molecule has 5 heteroatoms. The molecule has 1 aromatic heterocycles. The third-order valence-electron chi connectivity index (χ3n) is 3.70. The number of carbonyl (C=O) groups excluding carboxylic acids is 1. The Hall–Kier alpha value is -3.08. The fourth-order valence-electron chi connectivity index (χ4n) is 2.42. The van der Waals surface area contributed by atoms with Crippen LogP contribution in [0.15, 0.2) is 48.7 Å². The van der Waals surface area contributed by atoms with Crippen molar-refractivity contribution in [2.24, 2.45) is 0 Å². The van der Waals surface area contributed by atoms with Gasteiger partial charge < -0.3 is 14.2 Å². The van der Waals surface area contributed by atoms with E-state index in [0.717, 1.165) is 10.9 Å². The Balaban J connectivity index is 2.01. The van der Waals surface area contributed by atoms with Crippen molar-refractivity contribution in [1.29, 1.82) is 0 Å². The van der Waals surface area contributed by atoms with Gasteiger partial charge in [0, 0.05) is 23.2 Å². The molecule has 0 spiro atoms. The second-order valence-corrected chi connectivity index (χ2v) is 5.22. The summed E-state index contributed by atoms with van der Waals surface area (Å²) in [5.74, 6) is 2.53. The molecular formula is C19H17NO4. The van der Waals surface area contributed by atoms with Crippen LogP contribution in [0.2, 0.25) is 0 Å². The van der Waals surface area contributed by atoms with Crippen molar-refractivity contribution in [3.05, 3.63) is 54.2 Å². The maximum atomic E-state index is 11.3. The zero-order valence-electron chi connectivity index (χ0n) is 13.7. The van der Waals surface area contributed by atoms with Crippen molar-refractivity contribution in [3.8, 4) is 23.0 Å². The Bertz CT molecular complexity index is 888. The van der Waals surface area contributed by atoms with Crippen LogP contribution in [0.3, 0.4) is 0 Å². The van der Waals surface area contributed by atoms with Gasteiger partial charge in [0.25, 0.3) is 0 Å². The van der Waals surface area contributed by atoms with E-state index in [1.807, 2.05) is 6.07 Å². The Morgan fingerprint density at radius 1 is 0.917 bits per heavy atom. The predicted octanol–water partition coefficient (Wildman–Crippen LogP) is 4.25. The Labute approximate surface area is 139 Å². The van der Waals surface area contributed by atoms with Crippen molar-refractivity contribution < 1.29 is 19.0 Å². The number of ether oxygens (including phenoxy) is 3. The largest absolute Gasteiger partial charge is 0.493 e. The summed E-state index contributed by atoms with van der Waals surface area (Å²) in [6.07, 6.45) is 1.67. The van der Waals surface area contributed by atoms with Crippen molar-refractivity contribution in [2.75, 3.05) is 14.2 Å². The highest BCUT2D eigenvalue weighted by atomic mass is 16.5. The number of hydrogen-bond acceptors (Lipinski definition) is 5. The van der Waals surface area contributed by atoms with E-state index in [0.29, 0.717) is 28.6 Å². The van der Waals surface area contributed by atoms with Crippen LogP contribution in [0.1, 0.15) is 17.3 Å². The molecule has 1 heterocycles. The van der Waals surface area contributed by atoms with Crippen LogP contribution in [0.4, 0.5) is 0 Å². The maximum Gasteiger partial charge on any atom is 0.162 e. The lowest BCUT2D eigenvalue weighted by Crippen LogP contribution is -1.94. The molecule has 0 aliphatic carbocycles. The summed E-state index contributed by atoms with van der Waals surface area (Å²) < 4.78 is 16.6. The van der Waals surface area contributed by atoms with Crippen molar-refractivity contribution in [1.82, 2.24) is 4.98 Å². The molecule has 0 aliphatic rings. The number of aromatic nitrogens is 1. The molecule has 5 nitrogen and oxygen atoms in total. The quantitative estimate of drug-likeness (QED) is 0.657. The maximum absolute atomic E-state index is 11.3. The first-order valence-corrected chi connectivity index (χ1v) is 7.42. The van der Waals surface area contributed by atoms with Gasteiger partial charge in [-0.2, -0.15) is 0 Å². The molecule has 0 radical (unpaired) electrons. The van der Waals surface area contributed by atoms with Crippen LogP contribution in [-0.4, -0.2) is 25.0 Å². The minimum absolute atomic E-state index is 0.0211. The number of methoxy groups -OCH3 is 2. The summed E-state index contributed by atoms with van der Waals surface area (Å²) in [4.78, 5) is 15.7. The molecule has 0 bridgehead atoms. The molecule has 0 saturated heterocycles. The summed E-state index contributed by atoms with van der Waals surface area (Å²) in [5.41, 5.74) is 1.39. The first kappa shape index (κ1) is 15.8. The molecule has 0 saturated carbocycles. The SMILES string of the molecule is COc1cc2nccc(Oc3ccc(C(C)=O)cc3)c2cc1OC. The highest BCUT2D eigenvalue weighted by molar-refractivity contribution is 5.94. The molecule has 0 amide bonds. The van der Waals surface area contributed by atoms with E-state index in [9.17, 15) is 4.79 Å². The lowest BCUT2D eigenvalue weighted by molar-refractivity contribution is 0.101. The fraction of sp³-hybridized carbons (Fsp3) is 0.158. The van der Waals surface area contributed by atoms with Crippen LogP contribution in [-0.2, 0) is 0 Å². The number of hydrogen-bond donors (Lipinski definition) is 0. The number of nitrogens with zero attached hydrogens (tertiary/aromatic N) is 1.